The number of nitrogens with one attached hydrogen (secondary N) is 2. The van der Waals surface area contributed by atoms with Crippen LogP contribution in [0, 0.1) is 0 Å². The molecule has 156 valence electrons. The Labute approximate surface area is 179 Å². The average molecular weight is 447 g/mol. The minimum absolute atomic E-state index is 0.0310. The number of amides is 1. The number of halogens is 1. The first-order valence-electron chi connectivity index (χ1n) is 8.74. The summed E-state index contributed by atoms with van der Waals surface area (Å²) in [6.07, 6.45) is 0. The summed E-state index contributed by atoms with van der Waals surface area (Å²) in [5.41, 5.74) is 1.05. The summed E-state index contributed by atoms with van der Waals surface area (Å²) in [5.74, 6) is 0.565. The van der Waals surface area contributed by atoms with Gasteiger partial charge >= 0.3 is 0 Å². The van der Waals surface area contributed by atoms with E-state index >= 15 is 0 Å². The van der Waals surface area contributed by atoms with E-state index < -0.39 is 15.9 Å². The maximum atomic E-state index is 12.6. The number of anilines is 2. The van der Waals surface area contributed by atoms with Gasteiger partial charge in [-0.25, -0.2) is 8.42 Å². The lowest BCUT2D eigenvalue weighted by molar-refractivity contribution is 0.102. The van der Waals surface area contributed by atoms with Gasteiger partial charge in [0.1, 0.15) is 11.5 Å². The molecular weight excluding hydrogens is 428 g/mol. The summed E-state index contributed by atoms with van der Waals surface area (Å²) in [6.45, 7) is 0. The molecule has 9 heteroatoms. The van der Waals surface area contributed by atoms with Crippen LogP contribution in [0.2, 0.25) is 5.02 Å². The van der Waals surface area contributed by atoms with E-state index in [2.05, 4.69) is 10.0 Å². The Kier molecular flexibility index (Phi) is 6.49. The monoisotopic (exact) mass is 446 g/mol. The molecule has 0 spiro atoms. The van der Waals surface area contributed by atoms with Crippen LogP contribution in [-0.2, 0) is 10.0 Å². The summed E-state index contributed by atoms with van der Waals surface area (Å²) < 4.78 is 37.9. The van der Waals surface area contributed by atoms with Crippen molar-refractivity contribution in [2.75, 3.05) is 24.3 Å². The molecule has 0 atom stereocenters. The largest absolute Gasteiger partial charge is 0.497 e. The van der Waals surface area contributed by atoms with E-state index in [-0.39, 0.29) is 10.6 Å². The summed E-state index contributed by atoms with van der Waals surface area (Å²) in [4.78, 5) is 12.6. The smallest absolute Gasteiger partial charge is 0.261 e. The van der Waals surface area contributed by atoms with Crippen LogP contribution in [0.25, 0.3) is 0 Å². The summed E-state index contributed by atoms with van der Waals surface area (Å²) >= 11 is 6.01. The molecule has 2 N–H and O–H groups in total. The molecule has 0 aliphatic heterocycles. The highest BCUT2D eigenvalue weighted by atomic mass is 35.5. The molecule has 0 unspecified atom stereocenters. The van der Waals surface area contributed by atoms with Crippen molar-refractivity contribution < 1.29 is 22.7 Å². The van der Waals surface area contributed by atoms with E-state index in [1.807, 2.05) is 0 Å². The number of benzene rings is 3. The molecule has 3 aromatic rings. The molecule has 0 radical (unpaired) electrons. The highest BCUT2D eigenvalue weighted by molar-refractivity contribution is 7.92. The normalized spacial score (nSPS) is 10.9. The zero-order valence-corrected chi connectivity index (χ0v) is 17.8. The topological polar surface area (TPSA) is 93.7 Å². The summed E-state index contributed by atoms with van der Waals surface area (Å²) in [5, 5.41) is 3.00. The Bertz CT molecular complexity index is 1140. The van der Waals surface area contributed by atoms with Crippen molar-refractivity contribution in [1.82, 2.24) is 0 Å². The van der Waals surface area contributed by atoms with E-state index in [4.69, 9.17) is 21.1 Å². The lowest BCUT2D eigenvalue weighted by Crippen LogP contribution is -2.14. The minimum Gasteiger partial charge on any atom is -0.497 e. The minimum atomic E-state index is -3.83. The maximum Gasteiger partial charge on any atom is 0.261 e. The number of hydrogen-bond donors (Lipinski definition) is 2. The van der Waals surface area contributed by atoms with Gasteiger partial charge in [-0.15, -0.1) is 0 Å². The quantitative estimate of drug-likeness (QED) is 0.560. The van der Waals surface area contributed by atoms with Crippen LogP contribution in [0.4, 0.5) is 11.4 Å². The number of para-hydroxylation sites is 1. The van der Waals surface area contributed by atoms with Crippen molar-refractivity contribution in [2.45, 2.75) is 4.90 Å². The van der Waals surface area contributed by atoms with Crippen LogP contribution >= 0.6 is 11.6 Å². The number of rotatable bonds is 7. The fraction of sp³-hybridized carbons (Fsp3) is 0.0952. The van der Waals surface area contributed by atoms with E-state index in [1.165, 1.54) is 38.5 Å². The zero-order valence-electron chi connectivity index (χ0n) is 16.2. The lowest BCUT2D eigenvalue weighted by Gasteiger charge is -2.11. The Morgan fingerprint density at radius 1 is 0.900 bits per heavy atom. The molecule has 0 saturated carbocycles. The molecule has 0 saturated heterocycles. The van der Waals surface area contributed by atoms with Crippen LogP contribution < -0.4 is 19.5 Å². The maximum absolute atomic E-state index is 12.6. The van der Waals surface area contributed by atoms with Crippen LogP contribution in [0.1, 0.15) is 10.4 Å². The van der Waals surface area contributed by atoms with Crippen LogP contribution in [-0.4, -0.2) is 28.5 Å². The third kappa shape index (κ3) is 5.03. The van der Waals surface area contributed by atoms with Crippen molar-refractivity contribution in [1.29, 1.82) is 0 Å². The van der Waals surface area contributed by atoms with E-state index in [0.717, 1.165) is 0 Å². The molecule has 3 rings (SSSR count). The second-order valence-electron chi connectivity index (χ2n) is 6.17. The fourth-order valence-corrected chi connectivity index (χ4v) is 3.93. The van der Waals surface area contributed by atoms with Gasteiger partial charge < -0.3 is 14.8 Å². The van der Waals surface area contributed by atoms with Gasteiger partial charge in [0.05, 0.1) is 29.8 Å². The Hall–Kier alpha value is -3.23. The van der Waals surface area contributed by atoms with Crippen molar-refractivity contribution in [3.8, 4) is 11.5 Å². The highest BCUT2D eigenvalue weighted by Gasteiger charge is 2.16. The average Bonchev–Trinajstić information content (AvgIpc) is 2.75. The first kappa shape index (κ1) is 21.5. The number of methoxy groups -OCH3 is 2. The molecule has 1 amide bonds. The Morgan fingerprint density at radius 2 is 1.50 bits per heavy atom. The molecule has 30 heavy (non-hydrogen) atoms. The van der Waals surface area contributed by atoms with Gasteiger partial charge in [-0.05, 0) is 48.5 Å². The van der Waals surface area contributed by atoms with Crippen LogP contribution in [0.5, 0.6) is 11.5 Å². The van der Waals surface area contributed by atoms with E-state index in [0.29, 0.717) is 27.8 Å². The molecule has 0 fully saturated rings. The third-order valence-corrected chi connectivity index (χ3v) is 5.87. The Balaban J connectivity index is 1.76. The molecule has 0 bridgehead atoms. The van der Waals surface area contributed by atoms with Gasteiger partial charge in [-0.2, -0.15) is 0 Å². The number of sulfonamides is 1. The molecule has 3 aromatic carbocycles. The van der Waals surface area contributed by atoms with Crippen molar-refractivity contribution in [3.05, 3.63) is 77.3 Å². The predicted octanol–water partition coefficient (Wildman–Crippen LogP) is 4.41. The van der Waals surface area contributed by atoms with E-state index in [9.17, 15) is 13.2 Å². The fourth-order valence-electron chi connectivity index (χ4n) is 2.61. The summed E-state index contributed by atoms with van der Waals surface area (Å²) in [6, 6.07) is 17.1. The van der Waals surface area contributed by atoms with Gasteiger partial charge in [-0.1, -0.05) is 23.7 Å². The molecule has 0 aliphatic rings. The molecule has 0 aromatic heterocycles. The zero-order chi connectivity index (χ0) is 21.7. The number of ether oxygens (including phenoxy) is 2. The lowest BCUT2D eigenvalue weighted by atomic mass is 10.2. The van der Waals surface area contributed by atoms with Crippen molar-refractivity contribution in [2.24, 2.45) is 0 Å². The first-order chi connectivity index (χ1) is 14.3. The van der Waals surface area contributed by atoms with Crippen molar-refractivity contribution in [3.63, 3.8) is 0 Å². The van der Waals surface area contributed by atoms with Crippen molar-refractivity contribution >= 4 is 38.9 Å². The second kappa shape index (κ2) is 9.06. The SMILES string of the molecule is COc1cc(OC)cc(C(=O)Nc2ccc(S(=O)(=O)Nc3ccccc3Cl)cc2)c1. The van der Waals surface area contributed by atoms with Gasteiger partial charge in [0.2, 0.25) is 0 Å². The number of hydrogen-bond acceptors (Lipinski definition) is 5. The Morgan fingerprint density at radius 3 is 2.07 bits per heavy atom. The second-order valence-corrected chi connectivity index (χ2v) is 8.25. The third-order valence-electron chi connectivity index (χ3n) is 4.15. The van der Waals surface area contributed by atoms with Gasteiger partial charge in [0.15, 0.2) is 0 Å². The van der Waals surface area contributed by atoms with Gasteiger partial charge in [0.25, 0.3) is 15.9 Å². The van der Waals surface area contributed by atoms with E-state index in [1.54, 1.807) is 42.5 Å². The first-order valence-corrected chi connectivity index (χ1v) is 10.6. The molecule has 0 heterocycles. The standard InChI is InChI=1S/C21H19ClN2O5S/c1-28-16-11-14(12-17(13-16)29-2)21(25)23-15-7-9-18(10-8-15)30(26,27)24-20-6-4-3-5-19(20)22/h3-13,24H,1-2H3,(H,23,25). The molecule has 7 nitrogen and oxygen atoms in total. The molecule has 0 aliphatic carbocycles. The number of carbonyl (C=O) groups excluding carboxylic acids is 1. The summed E-state index contributed by atoms with van der Waals surface area (Å²) in [7, 11) is -0.847. The van der Waals surface area contributed by atoms with Crippen LogP contribution in [0.3, 0.4) is 0 Å². The number of carbonyl (C=O) groups is 1. The van der Waals surface area contributed by atoms with Gasteiger partial charge in [-0.3, -0.25) is 9.52 Å². The molecular formula is C21H19ClN2O5S. The predicted molar refractivity (Wildman–Crippen MR) is 116 cm³/mol. The van der Waals surface area contributed by atoms with Gasteiger partial charge in [0, 0.05) is 17.3 Å². The highest BCUT2D eigenvalue weighted by Crippen LogP contribution is 2.25. The van der Waals surface area contributed by atoms with Crippen LogP contribution in [0.15, 0.2) is 71.6 Å².